The van der Waals surface area contributed by atoms with Gasteiger partial charge in [0.05, 0.1) is 0 Å². The highest BCUT2D eigenvalue weighted by atomic mass is 16.6. The van der Waals surface area contributed by atoms with E-state index in [0.29, 0.717) is 19.3 Å². The van der Waals surface area contributed by atoms with Gasteiger partial charge in [-0.1, -0.05) is 228 Å². The van der Waals surface area contributed by atoms with Crippen LogP contribution in [-0.2, 0) is 28.6 Å². The summed E-state index contributed by atoms with van der Waals surface area (Å²) in [5.41, 5.74) is 0. The molecular weight excluding hydrogens is 817 g/mol. The summed E-state index contributed by atoms with van der Waals surface area (Å²) in [6, 6.07) is 0. The molecule has 6 nitrogen and oxygen atoms in total. The van der Waals surface area contributed by atoms with Gasteiger partial charge in [-0.05, 0) is 96.3 Å². The molecule has 0 heterocycles. The van der Waals surface area contributed by atoms with Crippen LogP contribution in [0.3, 0.4) is 0 Å². The van der Waals surface area contributed by atoms with Crippen molar-refractivity contribution in [3.63, 3.8) is 0 Å². The monoisotopic (exact) mass is 919 g/mol. The highest BCUT2D eigenvalue weighted by Gasteiger charge is 2.19. The second kappa shape index (κ2) is 54.2. The minimum atomic E-state index is -0.794. The zero-order valence-corrected chi connectivity index (χ0v) is 43.2. The lowest BCUT2D eigenvalue weighted by Gasteiger charge is -2.18. The second-order valence-corrected chi connectivity index (χ2v) is 18.1. The van der Waals surface area contributed by atoms with Crippen LogP contribution in [0.5, 0.6) is 0 Å². The number of esters is 3. The molecule has 0 aliphatic rings. The van der Waals surface area contributed by atoms with Crippen molar-refractivity contribution < 1.29 is 28.6 Å². The quantitative estimate of drug-likeness (QED) is 0.0262. The van der Waals surface area contributed by atoms with Gasteiger partial charge in [-0.25, -0.2) is 0 Å². The van der Waals surface area contributed by atoms with Gasteiger partial charge in [0.25, 0.3) is 0 Å². The van der Waals surface area contributed by atoms with Crippen molar-refractivity contribution in [1.82, 2.24) is 0 Å². The Bertz CT molecular complexity index is 1290. The summed E-state index contributed by atoms with van der Waals surface area (Å²) in [7, 11) is 0. The van der Waals surface area contributed by atoms with E-state index in [1.807, 2.05) is 0 Å². The number of allylic oxidation sites excluding steroid dienone is 14. The molecule has 0 aromatic heterocycles. The van der Waals surface area contributed by atoms with Crippen molar-refractivity contribution in [2.24, 2.45) is 0 Å². The van der Waals surface area contributed by atoms with Gasteiger partial charge in [0.15, 0.2) is 6.10 Å². The first-order chi connectivity index (χ1) is 32.5. The van der Waals surface area contributed by atoms with Crippen LogP contribution in [0.25, 0.3) is 0 Å². The molecule has 0 bridgehead atoms. The van der Waals surface area contributed by atoms with Crippen molar-refractivity contribution in [2.75, 3.05) is 13.2 Å². The number of carbonyl (C=O) groups excluding carboxylic acids is 3. The normalized spacial score (nSPS) is 12.7. The maximum absolute atomic E-state index is 12.8. The summed E-state index contributed by atoms with van der Waals surface area (Å²) in [5, 5.41) is 0. The highest BCUT2D eigenvalue weighted by molar-refractivity contribution is 5.71. The van der Waals surface area contributed by atoms with Gasteiger partial charge in [0.1, 0.15) is 13.2 Å². The average molecular weight is 919 g/mol. The van der Waals surface area contributed by atoms with Gasteiger partial charge in [-0.2, -0.15) is 0 Å². The molecule has 0 fully saturated rings. The van der Waals surface area contributed by atoms with Crippen LogP contribution in [0.1, 0.15) is 258 Å². The van der Waals surface area contributed by atoms with Crippen molar-refractivity contribution in [3.8, 4) is 0 Å². The molecule has 1 unspecified atom stereocenters. The Labute approximate surface area is 407 Å². The smallest absolute Gasteiger partial charge is 0.306 e. The van der Waals surface area contributed by atoms with E-state index in [4.69, 9.17) is 14.2 Å². The zero-order valence-electron chi connectivity index (χ0n) is 43.2. The number of hydrogen-bond acceptors (Lipinski definition) is 6. The Morgan fingerprint density at radius 1 is 0.318 bits per heavy atom. The molecule has 0 aromatic carbocycles. The Morgan fingerprint density at radius 3 is 0.970 bits per heavy atom. The predicted molar refractivity (Wildman–Crippen MR) is 284 cm³/mol. The Morgan fingerprint density at radius 2 is 0.591 bits per heavy atom. The minimum Gasteiger partial charge on any atom is -0.462 e. The molecule has 0 spiro atoms. The molecule has 6 heteroatoms. The van der Waals surface area contributed by atoms with Gasteiger partial charge >= 0.3 is 17.9 Å². The fraction of sp³-hybridized carbons (Fsp3) is 0.717. The molecule has 0 aromatic rings. The summed E-state index contributed by atoms with van der Waals surface area (Å²) >= 11 is 0. The molecule has 0 rings (SSSR count). The van der Waals surface area contributed by atoms with E-state index < -0.39 is 6.10 Å². The standard InChI is InChI=1S/C60H102O6/c1-4-7-10-13-16-19-21-23-25-27-29-30-31-33-34-36-38-41-44-47-50-53-59(62)65-56-57(55-64-58(61)52-49-46-43-40-18-15-12-9-6-3)66-60(63)54-51-48-45-42-39-37-35-32-28-26-24-22-20-17-14-11-8-5-2/h7,10,16,19,23,25-26,28-30,33-34,38,41,57H,4-6,8-9,11-15,17-18,20-22,24,27,31-32,35-37,39-40,42-56H2,1-3H3/b10-7-,19-16-,25-23-,28-26-,30-29-,34-33-,41-38-. The molecule has 0 radical (unpaired) electrons. The summed E-state index contributed by atoms with van der Waals surface area (Å²) < 4.78 is 16.8. The number of unbranched alkanes of at least 4 members (excludes halogenated alkanes) is 24. The molecule has 0 saturated heterocycles. The first-order valence-electron chi connectivity index (χ1n) is 27.6. The van der Waals surface area contributed by atoms with Crippen LogP contribution >= 0.6 is 0 Å². The molecule has 0 saturated carbocycles. The van der Waals surface area contributed by atoms with E-state index in [-0.39, 0.29) is 31.1 Å². The lowest BCUT2D eigenvalue weighted by atomic mass is 10.1. The fourth-order valence-corrected chi connectivity index (χ4v) is 7.50. The van der Waals surface area contributed by atoms with Gasteiger partial charge in [0, 0.05) is 19.3 Å². The number of ether oxygens (including phenoxy) is 3. The number of rotatable bonds is 49. The molecule has 0 amide bonds. The summed E-state index contributed by atoms with van der Waals surface area (Å²) in [6.45, 7) is 6.47. The lowest BCUT2D eigenvalue weighted by Crippen LogP contribution is -2.30. The third kappa shape index (κ3) is 51.6. The summed E-state index contributed by atoms with van der Waals surface area (Å²) in [6.07, 6.45) is 70.1. The van der Waals surface area contributed by atoms with Crippen molar-refractivity contribution in [1.29, 1.82) is 0 Å². The van der Waals surface area contributed by atoms with E-state index in [2.05, 4.69) is 106 Å². The average Bonchev–Trinajstić information content (AvgIpc) is 3.31. The molecule has 0 aliphatic carbocycles. The highest BCUT2D eigenvalue weighted by Crippen LogP contribution is 2.14. The van der Waals surface area contributed by atoms with Crippen LogP contribution < -0.4 is 0 Å². The second-order valence-electron chi connectivity index (χ2n) is 18.1. The lowest BCUT2D eigenvalue weighted by molar-refractivity contribution is -0.167. The van der Waals surface area contributed by atoms with Crippen LogP contribution in [0.15, 0.2) is 85.1 Å². The molecule has 66 heavy (non-hydrogen) atoms. The molecule has 1 atom stereocenters. The van der Waals surface area contributed by atoms with E-state index in [0.717, 1.165) is 96.3 Å². The van der Waals surface area contributed by atoms with E-state index in [1.165, 1.54) is 122 Å². The zero-order chi connectivity index (χ0) is 47.9. The molecular formula is C60H102O6. The first-order valence-corrected chi connectivity index (χ1v) is 27.6. The topological polar surface area (TPSA) is 78.9 Å². The third-order valence-electron chi connectivity index (χ3n) is 11.6. The Hall–Kier alpha value is -3.41. The SMILES string of the molecule is CC/C=C\C/C=C\C/C=C\C/C=C\C/C=C\C/C=C\CCCCC(=O)OCC(COC(=O)CCCCCCCCCCC)OC(=O)CCCCCCCCC/C=C\CCCCCCCCC. The van der Waals surface area contributed by atoms with Crippen molar-refractivity contribution in [2.45, 2.75) is 264 Å². The van der Waals surface area contributed by atoms with E-state index >= 15 is 0 Å². The molecule has 378 valence electrons. The summed E-state index contributed by atoms with van der Waals surface area (Å²) in [4.78, 5) is 38.0. The van der Waals surface area contributed by atoms with E-state index in [1.54, 1.807) is 0 Å². The molecule has 0 N–H and O–H groups in total. The van der Waals surface area contributed by atoms with Gasteiger partial charge in [-0.3, -0.25) is 14.4 Å². The number of hydrogen-bond donors (Lipinski definition) is 0. The first kappa shape index (κ1) is 62.6. The Balaban J connectivity index is 4.39. The van der Waals surface area contributed by atoms with Crippen LogP contribution in [-0.4, -0.2) is 37.2 Å². The van der Waals surface area contributed by atoms with Crippen LogP contribution in [0, 0.1) is 0 Å². The molecule has 0 aliphatic heterocycles. The Kier molecular flexibility index (Phi) is 51.4. The predicted octanol–water partition coefficient (Wildman–Crippen LogP) is 18.4. The van der Waals surface area contributed by atoms with Gasteiger partial charge < -0.3 is 14.2 Å². The third-order valence-corrected chi connectivity index (χ3v) is 11.6. The minimum absolute atomic E-state index is 0.0910. The van der Waals surface area contributed by atoms with E-state index in [9.17, 15) is 14.4 Å². The summed E-state index contributed by atoms with van der Waals surface area (Å²) in [5.74, 6) is -0.940. The maximum atomic E-state index is 12.8. The fourth-order valence-electron chi connectivity index (χ4n) is 7.50. The maximum Gasteiger partial charge on any atom is 0.306 e. The van der Waals surface area contributed by atoms with Crippen LogP contribution in [0.4, 0.5) is 0 Å². The van der Waals surface area contributed by atoms with Crippen LogP contribution in [0.2, 0.25) is 0 Å². The number of carbonyl (C=O) groups is 3. The van der Waals surface area contributed by atoms with Gasteiger partial charge in [-0.15, -0.1) is 0 Å². The van der Waals surface area contributed by atoms with Crippen molar-refractivity contribution in [3.05, 3.63) is 85.1 Å². The largest absolute Gasteiger partial charge is 0.462 e. The van der Waals surface area contributed by atoms with Gasteiger partial charge in [0.2, 0.25) is 0 Å². The van der Waals surface area contributed by atoms with Crippen molar-refractivity contribution >= 4 is 17.9 Å².